The molecule has 3 aromatic heterocycles. The first kappa shape index (κ1) is 20.5. The van der Waals surface area contributed by atoms with Gasteiger partial charge in [-0.2, -0.15) is 5.10 Å². The van der Waals surface area contributed by atoms with Crippen LogP contribution in [0.1, 0.15) is 37.5 Å². The molecule has 11 heteroatoms. The van der Waals surface area contributed by atoms with Crippen LogP contribution in [0.3, 0.4) is 0 Å². The van der Waals surface area contributed by atoms with Gasteiger partial charge >= 0.3 is 0 Å². The number of anilines is 4. The Kier molecular flexibility index (Phi) is 4.32. The number of aromatic amines is 1. The van der Waals surface area contributed by atoms with Crippen molar-refractivity contribution in [2.45, 2.75) is 32.7 Å². The molecule has 34 heavy (non-hydrogen) atoms. The highest BCUT2D eigenvalue weighted by atomic mass is 16.2. The summed E-state index contributed by atoms with van der Waals surface area (Å²) in [5.74, 6) is 1.98. The number of para-hydroxylation sites is 1. The number of H-pyrrole nitrogens is 1. The number of aryl methyl sites for hydroxylation is 2. The van der Waals surface area contributed by atoms with E-state index in [9.17, 15) is 9.59 Å². The molecule has 1 saturated carbocycles. The number of carbonyl (C=O) groups is 1. The maximum Gasteiger partial charge on any atom is 0.277 e. The van der Waals surface area contributed by atoms with E-state index in [0.29, 0.717) is 28.4 Å². The zero-order valence-corrected chi connectivity index (χ0v) is 19.4. The van der Waals surface area contributed by atoms with Gasteiger partial charge in [0, 0.05) is 26.1 Å². The van der Waals surface area contributed by atoms with Crippen molar-refractivity contribution in [3.63, 3.8) is 0 Å². The van der Waals surface area contributed by atoms with E-state index in [0.717, 1.165) is 35.7 Å². The third kappa shape index (κ3) is 3.07. The first-order chi connectivity index (χ1) is 16.3. The van der Waals surface area contributed by atoms with E-state index in [2.05, 4.69) is 42.6 Å². The third-order valence-corrected chi connectivity index (χ3v) is 6.57. The largest absolute Gasteiger partial charge is 0.361 e. The summed E-state index contributed by atoms with van der Waals surface area (Å²) >= 11 is 0. The van der Waals surface area contributed by atoms with Crippen molar-refractivity contribution in [2.75, 3.05) is 22.6 Å². The second-order valence-electron chi connectivity index (χ2n) is 9.03. The fourth-order valence-electron chi connectivity index (χ4n) is 4.52. The van der Waals surface area contributed by atoms with E-state index in [4.69, 9.17) is 0 Å². The first-order valence-corrected chi connectivity index (χ1v) is 11.3. The van der Waals surface area contributed by atoms with Gasteiger partial charge in [0.05, 0.1) is 28.8 Å². The molecule has 1 aromatic carbocycles. The summed E-state index contributed by atoms with van der Waals surface area (Å²) in [5.41, 5.74) is 3.41. The standard InChI is InChI=1S/C23H25N9O2/c1-11-21-24-12(2)28-32(21)16-7-5-6-14(19(16)30(11)3)25-15-10-17(27-22(33)13-8-9-13)26-20-18(15)23(34)31(4)29-20/h5-7,10-11,13H,8-9H2,1-4H3,(H3,25,26,27,29,33)/t11-/m0/s1. The minimum atomic E-state index is -0.203. The van der Waals surface area contributed by atoms with Crippen LogP contribution in [0.25, 0.3) is 16.7 Å². The molecule has 1 amide bonds. The number of rotatable bonds is 4. The minimum absolute atomic E-state index is 0.00243. The number of benzene rings is 1. The lowest BCUT2D eigenvalue weighted by molar-refractivity contribution is -0.117. The van der Waals surface area contributed by atoms with E-state index >= 15 is 0 Å². The predicted molar refractivity (Wildman–Crippen MR) is 129 cm³/mol. The molecular weight excluding hydrogens is 434 g/mol. The number of carbonyl (C=O) groups excluding carboxylic acids is 1. The molecule has 4 aromatic rings. The van der Waals surface area contributed by atoms with E-state index in [-0.39, 0.29) is 23.4 Å². The molecule has 0 saturated heterocycles. The quantitative estimate of drug-likeness (QED) is 0.428. The first-order valence-electron chi connectivity index (χ1n) is 11.3. The summed E-state index contributed by atoms with van der Waals surface area (Å²) in [6, 6.07) is 7.62. The van der Waals surface area contributed by atoms with Crippen molar-refractivity contribution >= 4 is 39.8 Å². The fraction of sp³-hybridized carbons (Fsp3) is 0.348. The van der Waals surface area contributed by atoms with Crippen LogP contribution in [-0.4, -0.2) is 42.5 Å². The van der Waals surface area contributed by atoms with Crippen molar-refractivity contribution in [2.24, 2.45) is 13.0 Å². The highest BCUT2D eigenvalue weighted by Gasteiger charge is 2.32. The molecule has 2 aliphatic rings. The highest BCUT2D eigenvalue weighted by molar-refractivity contribution is 5.99. The maximum absolute atomic E-state index is 12.9. The van der Waals surface area contributed by atoms with E-state index < -0.39 is 0 Å². The van der Waals surface area contributed by atoms with Gasteiger partial charge in [0.25, 0.3) is 5.56 Å². The van der Waals surface area contributed by atoms with Gasteiger partial charge in [-0.1, -0.05) is 6.07 Å². The average molecular weight is 460 g/mol. The summed E-state index contributed by atoms with van der Waals surface area (Å²) in [6.07, 6.45) is 1.79. The average Bonchev–Trinajstić information content (AvgIpc) is 3.52. The molecule has 6 rings (SSSR count). The van der Waals surface area contributed by atoms with Crippen LogP contribution in [0.2, 0.25) is 0 Å². The Morgan fingerprint density at radius 2 is 1.97 bits per heavy atom. The molecule has 4 heterocycles. The smallest absolute Gasteiger partial charge is 0.277 e. The van der Waals surface area contributed by atoms with Gasteiger partial charge in [0.2, 0.25) is 5.91 Å². The van der Waals surface area contributed by atoms with Crippen molar-refractivity contribution < 1.29 is 4.79 Å². The Morgan fingerprint density at radius 3 is 2.74 bits per heavy atom. The Hall–Kier alpha value is -4.15. The van der Waals surface area contributed by atoms with Crippen LogP contribution in [0.15, 0.2) is 29.1 Å². The number of fused-ring (bicyclic) bond motifs is 4. The molecule has 0 radical (unpaired) electrons. The van der Waals surface area contributed by atoms with E-state index in [1.165, 1.54) is 4.68 Å². The van der Waals surface area contributed by atoms with Crippen molar-refractivity contribution in [3.05, 3.63) is 46.3 Å². The van der Waals surface area contributed by atoms with Crippen molar-refractivity contribution in [1.82, 2.24) is 29.5 Å². The number of nitrogens with one attached hydrogen (secondary N) is 3. The summed E-state index contributed by atoms with van der Waals surface area (Å²) in [7, 11) is 3.66. The second kappa shape index (κ2) is 7.17. The van der Waals surface area contributed by atoms with Crippen LogP contribution in [-0.2, 0) is 11.8 Å². The van der Waals surface area contributed by atoms with Crippen LogP contribution in [0.5, 0.6) is 0 Å². The van der Waals surface area contributed by atoms with Crippen molar-refractivity contribution in [3.8, 4) is 5.69 Å². The van der Waals surface area contributed by atoms with E-state index in [1.807, 2.05) is 36.9 Å². The molecule has 0 unspecified atom stereocenters. The molecule has 1 aliphatic carbocycles. The second-order valence-corrected chi connectivity index (χ2v) is 9.03. The molecule has 0 bridgehead atoms. The summed E-state index contributed by atoms with van der Waals surface area (Å²) in [4.78, 5) is 36.5. The van der Waals surface area contributed by atoms with Gasteiger partial charge in [0.1, 0.15) is 17.0 Å². The molecule has 11 nitrogen and oxygen atoms in total. The molecule has 0 spiro atoms. The van der Waals surface area contributed by atoms with Gasteiger partial charge in [0.15, 0.2) is 11.5 Å². The SMILES string of the molecule is Cc1nc2n(n1)-c1cccc(Nc3cc(NC(=O)C4CC4)nc4[nH]n(C)c(=O)c34)c1N(C)[C@H]2C. The predicted octanol–water partition coefficient (Wildman–Crippen LogP) is 2.75. The number of amides is 1. The Labute approximate surface area is 194 Å². The van der Waals surface area contributed by atoms with Gasteiger partial charge in [-0.05, 0) is 38.8 Å². The van der Waals surface area contributed by atoms with Crippen molar-refractivity contribution in [1.29, 1.82) is 0 Å². The lowest BCUT2D eigenvalue weighted by Gasteiger charge is -2.34. The zero-order valence-electron chi connectivity index (χ0n) is 19.4. The lowest BCUT2D eigenvalue weighted by Crippen LogP contribution is -2.31. The minimum Gasteiger partial charge on any atom is -0.361 e. The molecule has 174 valence electrons. The monoisotopic (exact) mass is 459 g/mol. The summed E-state index contributed by atoms with van der Waals surface area (Å²) in [5, 5.41) is 14.3. The summed E-state index contributed by atoms with van der Waals surface area (Å²) in [6.45, 7) is 3.96. The summed E-state index contributed by atoms with van der Waals surface area (Å²) < 4.78 is 3.26. The fourth-order valence-corrected chi connectivity index (χ4v) is 4.52. The normalized spacial score (nSPS) is 16.9. The topological polar surface area (TPSA) is 126 Å². The zero-order chi connectivity index (χ0) is 23.7. The number of pyridine rings is 1. The number of hydrogen-bond donors (Lipinski definition) is 3. The molecule has 3 N–H and O–H groups in total. The van der Waals surface area contributed by atoms with Crippen LogP contribution >= 0.6 is 0 Å². The number of nitrogens with zero attached hydrogens (tertiary/aromatic N) is 6. The Morgan fingerprint density at radius 1 is 1.18 bits per heavy atom. The van der Waals surface area contributed by atoms with Crippen LogP contribution in [0, 0.1) is 12.8 Å². The Balaban J connectivity index is 1.49. The number of hydrogen-bond acceptors (Lipinski definition) is 7. The maximum atomic E-state index is 12.9. The van der Waals surface area contributed by atoms with Gasteiger partial charge in [-0.15, -0.1) is 0 Å². The molecule has 1 fully saturated rings. The van der Waals surface area contributed by atoms with Gasteiger partial charge in [-0.25, -0.2) is 14.6 Å². The van der Waals surface area contributed by atoms with Gasteiger partial charge < -0.3 is 15.5 Å². The number of aromatic nitrogens is 6. The van der Waals surface area contributed by atoms with E-state index in [1.54, 1.807) is 13.1 Å². The van der Waals surface area contributed by atoms with Crippen LogP contribution in [0.4, 0.5) is 22.9 Å². The van der Waals surface area contributed by atoms with Gasteiger partial charge in [-0.3, -0.25) is 19.4 Å². The Bertz CT molecular complexity index is 1530. The highest BCUT2D eigenvalue weighted by Crippen LogP contribution is 2.42. The molecule has 1 atom stereocenters. The molecule has 1 aliphatic heterocycles. The third-order valence-electron chi connectivity index (χ3n) is 6.57. The molecular formula is C23H25N9O2. The lowest BCUT2D eigenvalue weighted by atomic mass is 10.1. The van der Waals surface area contributed by atoms with Crippen LogP contribution < -0.4 is 21.1 Å².